The number of rotatable bonds is 5. The molecular formula is C15H15FN2OS2. The van der Waals surface area contributed by atoms with Gasteiger partial charge in [-0.25, -0.2) is 9.37 Å². The van der Waals surface area contributed by atoms with Gasteiger partial charge in [-0.1, -0.05) is 13.0 Å². The molecule has 3 aromatic heterocycles. The van der Waals surface area contributed by atoms with E-state index >= 15 is 0 Å². The average Bonchev–Trinajstić information content (AvgIpc) is 3.11. The zero-order valence-corrected chi connectivity index (χ0v) is 13.3. The summed E-state index contributed by atoms with van der Waals surface area (Å²) in [6, 6.07) is 3.95. The summed E-state index contributed by atoms with van der Waals surface area (Å²) in [5.41, 5.74) is 0.795. The first-order valence-electron chi connectivity index (χ1n) is 6.87. The lowest BCUT2D eigenvalue weighted by Crippen LogP contribution is -2.26. The Morgan fingerprint density at radius 3 is 2.90 bits per heavy atom. The number of hydrogen-bond donors (Lipinski definition) is 0. The van der Waals surface area contributed by atoms with E-state index in [1.807, 2.05) is 29.8 Å². The van der Waals surface area contributed by atoms with Crippen molar-refractivity contribution in [2.75, 3.05) is 6.67 Å². The summed E-state index contributed by atoms with van der Waals surface area (Å²) in [5.74, 6) is 0.687. The SMILES string of the molecule is CCCc1nc2scc(-c3cccs3)c2c(=O)n1CCF. The van der Waals surface area contributed by atoms with Crippen LogP contribution in [0, 0.1) is 0 Å². The van der Waals surface area contributed by atoms with E-state index < -0.39 is 6.67 Å². The third-order valence-corrected chi connectivity index (χ3v) is 5.12. The Morgan fingerprint density at radius 2 is 2.24 bits per heavy atom. The molecule has 0 saturated heterocycles. The zero-order chi connectivity index (χ0) is 14.8. The first-order valence-corrected chi connectivity index (χ1v) is 8.63. The van der Waals surface area contributed by atoms with E-state index in [-0.39, 0.29) is 12.1 Å². The molecule has 6 heteroatoms. The van der Waals surface area contributed by atoms with E-state index in [4.69, 9.17) is 0 Å². The molecule has 21 heavy (non-hydrogen) atoms. The van der Waals surface area contributed by atoms with Crippen LogP contribution in [0.25, 0.3) is 20.7 Å². The van der Waals surface area contributed by atoms with Gasteiger partial charge in [-0.15, -0.1) is 22.7 Å². The smallest absolute Gasteiger partial charge is 0.263 e. The maximum atomic E-state index is 12.8. The molecule has 3 aromatic rings. The summed E-state index contributed by atoms with van der Waals surface area (Å²) in [4.78, 5) is 19.2. The van der Waals surface area contributed by atoms with Crippen LogP contribution in [-0.4, -0.2) is 16.2 Å². The standard InChI is InChI=1S/C15H15FN2OS2/c1-2-4-12-17-14-13(15(19)18(12)7-6-16)10(9-21-14)11-5-3-8-20-11/h3,5,8-9H,2,4,6-7H2,1H3. The molecule has 3 nitrogen and oxygen atoms in total. The molecule has 0 fully saturated rings. The second-order valence-electron chi connectivity index (χ2n) is 4.73. The molecule has 3 heterocycles. The number of halogens is 1. The molecule has 0 radical (unpaired) electrons. The van der Waals surface area contributed by atoms with Crippen LogP contribution in [0.3, 0.4) is 0 Å². The van der Waals surface area contributed by atoms with Crippen molar-refractivity contribution >= 4 is 32.9 Å². The molecule has 0 aromatic carbocycles. The molecule has 110 valence electrons. The highest BCUT2D eigenvalue weighted by atomic mass is 32.1. The summed E-state index contributed by atoms with van der Waals surface area (Å²) in [5, 5.41) is 4.58. The van der Waals surface area contributed by atoms with Crippen LogP contribution in [0.5, 0.6) is 0 Å². The molecule has 0 bridgehead atoms. The molecule has 0 amide bonds. The van der Waals surface area contributed by atoms with Gasteiger partial charge in [0.2, 0.25) is 0 Å². The van der Waals surface area contributed by atoms with E-state index in [1.165, 1.54) is 15.9 Å². The lowest BCUT2D eigenvalue weighted by molar-refractivity contribution is 0.431. The van der Waals surface area contributed by atoms with Gasteiger partial charge in [0.05, 0.1) is 11.9 Å². The van der Waals surface area contributed by atoms with Gasteiger partial charge >= 0.3 is 0 Å². The summed E-state index contributed by atoms with van der Waals surface area (Å²) in [6.45, 7) is 1.56. The minimum Gasteiger partial charge on any atom is -0.293 e. The highest BCUT2D eigenvalue weighted by molar-refractivity contribution is 7.18. The number of aryl methyl sites for hydroxylation is 1. The Labute approximate surface area is 129 Å². The first-order chi connectivity index (χ1) is 10.3. The van der Waals surface area contributed by atoms with E-state index in [2.05, 4.69) is 4.98 Å². The minimum atomic E-state index is -0.553. The fourth-order valence-corrected chi connectivity index (χ4v) is 4.18. The highest BCUT2D eigenvalue weighted by Crippen LogP contribution is 2.33. The van der Waals surface area contributed by atoms with Crippen molar-refractivity contribution in [3.63, 3.8) is 0 Å². The summed E-state index contributed by atoms with van der Waals surface area (Å²) >= 11 is 3.08. The van der Waals surface area contributed by atoms with Crippen LogP contribution >= 0.6 is 22.7 Å². The molecule has 0 unspecified atom stereocenters. The third-order valence-electron chi connectivity index (χ3n) is 3.34. The predicted molar refractivity (Wildman–Crippen MR) is 87.2 cm³/mol. The molecule has 0 saturated carbocycles. The number of fused-ring (bicyclic) bond motifs is 1. The van der Waals surface area contributed by atoms with Gasteiger partial charge < -0.3 is 0 Å². The second kappa shape index (κ2) is 6.07. The van der Waals surface area contributed by atoms with E-state index in [9.17, 15) is 9.18 Å². The second-order valence-corrected chi connectivity index (χ2v) is 6.54. The van der Waals surface area contributed by atoms with Crippen molar-refractivity contribution in [2.24, 2.45) is 0 Å². The molecular weight excluding hydrogens is 307 g/mol. The van der Waals surface area contributed by atoms with Gasteiger partial charge in [0.25, 0.3) is 5.56 Å². The van der Waals surface area contributed by atoms with Crippen LogP contribution in [0.2, 0.25) is 0 Å². The van der Waals surface area contributed by atoms with E-state index in [0.717, 1.165) is 21.7 Å². The average molecular weight is 322 g/mol. The van der Waals surface area contributed by atoms with Crippen molar-refractivity contribution in [3.05, 3.63) is 39.1 Å². The first kappa shape index (κ1) is 14.4. The summed E-state index contributed by atoms with van der Waals surface area (Å²) < 4.78 is 14.3. The van der Waals surface area contributed by atoms with Crippen LogP contribution in [-0.2, 0) is 13.0 Å². The van der Waals surface area contributed by atoms with Crippen molar-refractivity contribution in [3.8, 4) is 10.4 Å². The maximum Gasteiger partial charge on any atom is 0.263 e. The topological polar surface area (TPSA) is 34.9 Å². The predicted octanol–water partition coefficient (Wildman–Crippen LogP) is 4.11. The maximum absolute atomic E-state index is 12.8. The lowest BCUT2D eigenvalue weighted by atomic mass is 10.2. The number of hydrogen-bond acceptors (Lipinski definition) is 4. The molecule has 0 aliphatic carbocycles. The Balaban J connectivity index is 2.27. The van der Waals surface area contributed by atoms with E-state index in [1.54, 1.807) is 11.3 Å². The lowest BCUT2D eigenvalue weighted by Gasteiger charge is -2.10. The molecule has 3 rings (SSSR count). The van der Waals surface area contributed by atoms with Gasteiger partial charge in [-0.2, -0.15) is 0 Å². The van der Waals surface area contributed by atoms with Gasteiger partial charge in [-0.3, -0.25) is 9.36 Å². The monoisotopic (exact) mass is 322 g/mol. The highest BCUT2D eigenvalue weighted by Gasteiger charge is 2.16. The van der Waals surface area contributed by atoms with Crippen molar-refractivity contribution in [2.45, 2.75) is 26.3 Å². The molecule has 0 atom stereocenters. The zero-order valence-electron chi connectivity index (χ0n) is 11.6. The fraction of sp³-hybridized carbons (Fsp3) is 0.333. The van der Waals surface area contributed by atoms with E-state index in [0.29, 0.717) is 17.6 Å². The van der Waals surface area contributed by atoms with Gasteiger partial charge in [0, 0.05) is 22.2 Å². The fourth-order valence-electron chi connectivity index (χ4n) is 2.41. The van der Waals surface area contributed by atoms with Crippen LogP contribution in [0.1, 0.15) is 19.2 Å². The summed E-state index contributed by atoms with van der Waals surface area (Å²) in [7, 11) is 0. The molecule has 0 spiro atoms. The Hall–Kier alpha value is -1.53. The Bertz CT molecular complexity index is 805. The number of aromatic nitrogens is 2. The Kier molecular flexibility index (Phi) is 4.17. The van der Waals surface area contributed by atoms with Crippen LogP contribution in [0.15, 0.2) is 27.7 Å². The van der Waals surface area contributed by atoms with Crippen molar-refractivity contribution in [1.29, 1.82) is 0 Å². The van der Waals surface area contributed by atoms with Crippen LogP contribution < -0.4 is 5.56 Å². The quantitative estimate of drug-likeness (QED) is 0.708. The minimum absolute atomic E-state index is 0.0802. The van der Waals surface area contributed by atoms with Gasteiger partial charge in [0.15, 0.2) is 0 Å². The number of alkyl halides is 1. The number of thiophene rings is 2. The van der Waals surface area contributed by atoms with Crippen LogP contribution in [0.4, 0.5) is 4.39 Å². The van der Waals surface area contributed by atoms with Gasteiger partial charge in [0.1, 0.15) is 17.3 Å². The largest absolute Gasteiger partial charge is 0.293 e. The third kappa shape index (κ3) is 2.53. The molecule has 0 N–H and O–H groups in total. The number of nitrogens with zero attached hydrogens (tertiary/aromatic N) is 2. The van der Waals surface area contributed by atoms with Crippen molar-refractivity contribution in [1.82, 2.24) is 9.55 Å². The van der Waals surface area contributed by atoms with Gasteiger partial charge in [-0.05, 0) is 17.9 Å². The Morgan fingerprint density at radius 1 is 1.38 bits per heavy atom. The normalized spacial score (nSPS) is 11.3. The van der Waals surface area contributed by atoms with Crippen molar-refractivity contribution < 1.29 is 4.39 Å². The summed E-state index contributed by atoms with van der Waals surface area (Å²) in [6.07, 6.45) is 1.57. The molecule has 0 aliphatic heterocycles. The molecule has 0 aliphatic rings.